The molecule has 0 aliphatic carbocycles. The first-order valence-electron chi connectivity index (χ1n) is 7.60. The van der Waals surface area contributed by atoms with E-state index < -0.39 is 16.1 Å². The van der Waals surface area contributed by atoms with Crippen molar-refractivity contribution in [1.82, 2.24) is 0 Å². The van der Waals surface area contributed by atoms with Gasteiger partial charge in [-0.3, -0.25) is 0 Å². The van der Waals surface area contributed by atoms with Gasteiger partial charge in [0.15, 0.2) is 0 Å². The van der Waals surface area contributed by atoms with Crippen LogP contribution in [0.25, 0.3) is 0 Å². The molecule has 6 nitrogen and oxygen atoms in total. The summed E-state index contributed by atoms with van der Waals surface area (Å²) < 4.78 is 22.4. The zero-order chi connectivity index (χ0) is 17.7. The van der Waals surface area contributed by atoms with Crippen LogP contribution in [0.15, 0.2) is 53.4 Å². The smallest absolute Gasteiger partial charge is 0.308 e. The summed E-state index contributed by atoms with van der Waals surface area (Å²) in [7, 11) is -3.74. The average Bonchev–Trinajstić information content (AvgIpc) is 2.54. The van der Waals surface area contributed by atoms with Gasteiger partial charge in [0, 0.05) is 11.4 Å². The Labute approximate surface area is 142 Å². The van der Waals surface area contributed by atoms with E-state index >= 15 is 0 Å². The number of urea groups is 1. The van der Waals surface area contributed by atoms with Crippen molar-refractivity contribution in [2.75, 3.05) is 10.6 Å². The zero-order valence-electron chi connectivity index (χ0n) is 13.6. The zero-order valence-corrected chi connectivity index (χ0v) is 14.4. The number of carbonyl (C=O) groups is 1. The first-order valence-corrected chi connectivity index (χ1v) is 9.15. The molecule has 0 aliphatic rings. The summed E-state index contributed by atoms with van der Waals surface area (Å²) in [5.74, 6) is 0.477. The average molecular weight is 347 g/mol. The van der Waals surface area contributed by atoms with Crippen LogP contribution in [0.4, 0.5) is 16.2 Å². The van der Waals surface area contributed by atoms with Gasteiger partial charge in [0.05, 0.1) is 4.90 Å². The Hall–Kier alpha value is -2.38. The van der Waals surface area contributed by atoms with E-state index in [0.717, 1.165) is 6.42 Å². The minimum atomic E-state index is -3.74. The molecule has 0 aliphatic heterocycles. The molecule has 4 N–H and O–H groups in total. The first-order chi connectivity index (χ1) is 11.3. The van der Waals surface area contributed by atoms with Crippen LogP contribution in [-0.4, -0.2) is 14.4 Å². The summed E-state index contributed by atoms with van der Waals surface area (Å²) in [6.07, 6.45) is 1.06. The van der Waals surface area contributed by atoms with Crippen LogP contribution in [0.5, 0.6) is 0 Å². The fraction of sp³-hybridized carbons (Fsp3) is 0.235. The van der Waals surface area contributed by atoms with Gasteiger partial charge >= 0.3 is 6.03 Å². The Balaban J connectivity index is 1.98. The maximum atomic E-state index is 12.0. The summed E-state index contributed by atoms with van der Waals surface area (Å²) in [4.78, 5) is 12.0. The standard InChI is InChI=1S/C17H21N3O3S/c1-3-12(2)13-4-6-14(7-5-13)19-17(21)20-15-8-10-16(11-9-15)24(18,22)23/h4-12H,3H2,1-2H3,(H2,18,22,23)(H2,19,20,21). The SMILES string of the molecule is CCC(C)c1ccc(NC(=O)Nc2ccc(S(N)(=O)=O)cc2)cc1. The second kappa shape index (κ2) is 7.46. The summed E-state index contributed by atoms with van der Waals surface area (Å²) in [6, 6.07) is 12.9. The second-order valence-corrected chi connectivity index (χ2v) is 7.14. The second-order valence-electron chi connectivity index (χ2n) is 5.58. The molecule has 0 bridgehead atoms. The Morgan fingerprint density at radius 1 is 1.00 bits per heavy atom. The number of carbonyl (C=O) groups excluding carboxylic acids is 1. The molecule has 2 rings (SSSR count). The monoisotopic (exact) mass is 347 g/mol. The Kier molecular flexibility index (Phi) is 5.58. The quantitative estimate of drug-likeness (QED) is 0.771. The van der Waals surface area contributed by atoms with Crippen molar-refractivity contribution < 1.29 is 13.2 Å². The van der Waals surface area contributed by atoms with Crippen molar-refractivity contribution in [3.05, 3.63) is 54.1 Å². The van der Waals surface area contributed by atoms with E-state index in [1.165, 1.54) is 29.8 Å². The van der Waals surface area contributed by atoms with Gasteiger partial charge in [-0.1, -0.05) is 26.0 Å². The van der Waals surface area contributed by atoms with Crippen molar-refractivity contribution in [2.45, 2.75) is 31.1 Å². The van der Waals surface area contributed by atoms with Gasteiger partial charge in [-0.15, -0.1) is 0 Å². The van der Waals surface area contributed by atoms with Gasteiger partial charge in [-0.05, 0) is 54.3 Å². The number of benzene rings is 2. The molecule has 0 heterocycles. The number of primary sulfonamides is 1. The van der Waals surface area contributed by atoms with Crippen molar-refractivity contribution in [1.29, 1.82) is 0 Å². The highest BCUT2D eigenvalue weighted by Gasteiger charge is 2.08. The lowest BCUT2D eigenvalue weighted by molar-refractivity contribution is 0.262. The molecule has 2 aromatic rings. The molecule has 7 heteroatoms. The molecule has 24 heavy (non-hydrogen) atoms. The minimum absolute atomic E-state index is 0.00547. The lowest BCUT2D eigenvalue weighted by atomic mass is 9.99. The minimum Gasteiger partial charge on any atom is -0.308 e. The van der Waals surface area contributed by atoms with Gasteiger partial charge in [-0.25, -0.2) is 18.4 Å². The van der Waals surface area contributed by atoms with Crippen molar-refractivity contribution >= 4 is 27.4 Å². The summed E-state index contributed by atoms with van der Waals surface area (Å²) in [5, 5.41) is 10.4. The number of nitrogens with two attached hydrogens (primary N) is 1. The topological polar surface area (TPSA) is 101 Å². The number of anilines is 2. The van der Waals surface area contributed by atoms with E-state index in [9.17, 15) is 13.2 Å². The maximum absolute atomic E-state index is 12.0. The maximum Gasteiger partial charge on any atom is 0.323 e. The fourth-order valence-corrected chi connectivity index (χ4v) is 2.67. The Bertz CT molecular complexity index is 800. The summed E-state index contributed by atoms with van der Waals surface area (Å²) in [5.41, 5.74) is 2.37. The van der Waals surface area contributed by atoms with Gasteiger partial charge in [-0.2, -0.15) is 0 Å². The van der Waals surface area contributed by atoms with Crippen LogP contribution >= 0.6 is 0 Å². The molecule has 1 unspecified atom stereocenters. The van der Waals surface area contributed by atoms with E-state index in [4.69, 9.17) is 5.14 Å². The Morgan fingerprint density at radius 3 is 1.88 bits per heavy atom. The van der Waals surface area contributed by atoms with Gasteiger partial charge in [0.2, 0.25) is 10.0 Å². The van der Waals surface area contributed by atoms with E-state index in [1.807, 2.05) is 24.3 Å². The van der Waals surface area contributed by atoms with Crippen LogP contribution in [0.1, 0.15) is 31.7 Å². The molecule has 0 fully saturated rings. The van der Waals surface area contributed by atoms with Crippen molar-refractivity contribution in [3.63, 3.8) is 0 Å². The van der Waals surface area contributed by atoms with Gasteiger partial charge in [0.25, 0.3) is 0 Å². The molecule has 1 atom stereocenters. The van der Waals surface area contributed by atoms with Crippen LogP contribution < -0.4 is 15.8 Å². The van der Waals surface area contributed by atoms with E-state index in [-0.39, 0.29) is 4.90 Å². The lowest BCUT2D eigenvalue weighted by Gasteiger charge is -2.11. The van der Waals surface area contributed by atoms with E-state index in [0.29, 0.717) is 17.3 Å². The Morgan fingerprint density at radius 2 is 1.46 bits per heavy atom. The summed E-state index contributed by atoms with van der Waals surface area (Å²) in [6.45, 7) is 4.28. The van der Waals surface area contributed by atoms with Crippen molar-refractivity contribution in [3.8, 4) is 0 Å². The number of hydrogen-bond acceptors (Lipinski definition) is 3. The van der Waals surface area contributed by atoms with Crippen LogP contribution in [0, 0.1) is 0 Å². The predicted molar refractivity (Wildman–Crippen MR) is 95.6 cm³/mol. The molecule has 0 spiro atoms. The van der Waals surface area contributed by atoms with Gasteiger partial charge < -0.3 is 10.6 Å². The number of rotatable bonds is 5. The van der Waals surface area contributed by atoms with Crippen LogP contribution in [0.2, 0.25) is 0 Å². The largest absolute Gasteiger partial charge is 0.323 e. The molecular weight excluding hydrogens is 326 g/mol. The molecular formula is C17H21N3O3S. The molecule has 128 valence electrons. The van der Waals surface area contributed by atoms with Crippen LogP contribution in [0.3, 0.4) is 0 Å². The van der Waals surface area contributed by atoms with E-state index in [2.05, 4.69) is 24.5 Å². The first kappa shape index (κ1) is 18.0. The number of hydrogen-bond donors (Lipinski definition) is 3. The molecule has 0 radical (unpaired) electrons. The third-order valence-corrected chi connectivity index (χ3v) is 4.72. The van der Waals surface area contributed by atoms with E-state index in [1.54, 1.807) is 0 Å². The summed E-state index contributed by atoms with van der Waals surface area (Å²) >= 11 is 0. The van der Waals surface area contributed by atoms with Crippen molar-refractivity contribution in [2.24, 2.45) is 5.14 Å². The number of amides is 2. The highest BCUT2D eigenvalue weighted by molar-refractivity contribution is 7.89. The molecule has 0 saturated heterocycles. The third-order valence-electron chi connectivity index (χ3n) is 3.79. The molecule has 0 saturated carbocycles. The highest BCUT2D eigenvalue weighted by atomic mass is 32.2. The normalized spacial score (nSPS) is 12.5. The van der Waals surface area contributed by atoms with Gasteiger partial charge in [0.1, 0.15) is 0 Å². The molecule has 2 amide bonds. The number of sulfonamides is 1. The van der Waals surface area contributed by atoms with Crippen LogP contribution in [-0.2, 0) is 10.0 Å². The predicted octanol–water partition coefficient (Wildman–Crippen LogP) is 3.49. The lowest BCUT2D eigenvalue weighted by Crippen LogP contribution is -2.19. The fourth-order valence-electron chi connectivity index (χ4n) is 2.15. The third kappa shape index (κ3) is 4.81. The number of nitrogens with one attached hydrogen (secondary N) is 2. The molecule has 2 aromatic carbocycles. The highest BCUT2D eigenvalue weighted by Crippen LogP contribution is 2.20. The molecule has 0 aromatic heterocycles.